The third kappa shape index (κ3) is 7.10. The molecule has 7 nitrogen and oxygen atoms in total. The molecule has 2 amide bonds. The van der Waals surface area contributed by atoms with Gasteiger partial charge in [0.2, 0.25) is 0 Å². The van der Waals surface area contributed by atoms with Crippen LogP contribution < -0.4 is 5.32 Å². The molecule has 1 N–H and O–H groups in total. The van der Waals surface area contributed by atoms with Crippen molar-refractivity contribution in [2.75, 3.05) is 31.6 Å². The number of thiazole rings is 1. The van der Waals surface area contributed by atoms with E-state index in [0.29, 0.717) is 24.8 Å². The molecule has 0 radical (unpaired) electrons. The van der Waals surface area contributed by atoms with Gasteiger partial charge >= 0.3 is 6.09 Å². The van der Waals surface area contributed by atoms with Gasteiger partial charge in [0.15, 0.2) is 5.13 Å². The van der Waals surface area contributed by atoms with Crippen LogP contribution in [0.25, 0.3) is 0 Å². The molecule has 1 aromatic heterocycles. The number of anilines is 1. The smallest absolute Gasteiger partial charge is 0.410 e. The highest BCUT2D eigenvalue weighted by atomic mass is 32.1. The van der Waals surface area contributed by atoms with Crippen molar-refractivity contribution in [2.45, 2.75) is 59.5 Å². The van der Waals surface area contributed by atoms with E-state index in [1.54, 1.807) is 4.90 Å². The summed E-state index contributed by atoms with van der Waals surface area (Å²) >= 11 is 1.48. The lowest BCUT2D eigenvalue weighted by atomic mass is 9.99. The summed E-state index contributed by atoms with van der Waals surface area (Å²) in [5, 5.41) is 3.40. The van der Waals surface area contributed by atoms with Crippen molar-refractivity contribution in [1.82, 2.24) is 9.88 Å². The lowest BCUT2D eigenvalue weighted by Crippen LogP contribution is -2.44. The van der Waals surface area contributed by atoms with Gasteiger partial charge in [-0.2, -0.15) is 0 Å². The fourth-order valence-corrected chi connectivity index (χ4v) is 3.90. The molecule has 1 unspecified atom stereocenters. The number of likely N-dealkylation sites (tertiary alicyclic amines) is 1. The summed E-state index contributed by atoms with van der Waals surface area (Å²) in [6.45, 7) is 11.4. The van der Waals surface area contributed by atoms with Crippen molar-refractivity contribution in [3.05, 3.63) is 10.6 Å². The van der Waals surface area contributed by atoms with Gasteiger partial charge in [0, 0.05) is 23.9 Å². The molecular formula is C19H31N3O4S. The molecule has 1 saturated heterocycles. The van der Waals surface area contributed by atoms with Crippen LogP contribution in [-0.2, 0) is 20.7 Å². The number of hydrogen-bond acceptors (Lipinski definition) is 6. The standard InChI is InChI=1S/C19H31N3O4S/c1-6-15-13(2)27-17(20-15)21-16(23)12-25-11-14-8-7-9-22(10-14)18(24)26-19(3,4)5/h14H,6-12H2,1-5H3,(H,20,21,23). The second kappa shape index (κ2) is 9.50. The van der Waals surface area contributed by atoms with Crippen molar-refractivity contribution in [3.63, 3.8) is 0 Å². The molecule has 1 aliphatic heterocycles. The third-order valence-electron chi connectivity index (χ3n) is 4.23. The number of rotatable bonds is 6. The third-order valence-corrected chi connectivity index (χ3v) is 5.16. The molecule has 27 heavy (non-hydrogen) atoms. The summed E-state index contributed by atoms with van der Waals surface area (Å²) < 4.78 is 11.0. The van der Waals surface area contributed by atoms with Crippen LogP contribution in [0.2, 0.25) is 0 Å². The van der Waals surface area contributed by atoms with E-state index in [1.807, 2.05) is 34.6 Å². The number of ether oxygens (including phenoxy) is 2. The van der Waals surface area contributed by atoms with Gasteiger partial charge in [0.1, 0.15) is 12.2 Å². The fraction of sp³-hybridized carbons (Fsp3) is 0.737. The summed E-state index contributed by atoms with van der Waals surface area (Å²) in [6, 6.07) is 0. The van der Waals surface area contributed by atoms with Crippen LogP contribution in [0.3, 0.4) is 0 Å². The molecule has 0 aromatic carbocycles. The van der Waals surface area contributed by atoms with Crippen LogP contribution >= 0.6 is 11.3 Å². The molecule has 8 heteroatoms. The van der Waals surface area contributed by atoms with E-state index in [0.717, 1.165) is 29.8 Å². The summed E-state index contributed by atoms with van der Waals surface area (Å²) in [5.74, 6) is 0.0130. The lowest BCUT2D eigenvalue weighted by Gasteiger charge is -2.34. The Balaban J connectivity index is 1.72. The molecular weight excluding hydrogens is 366 g/mol. The Bertz CT molecular complexity index is 654. The monoisotopic (exact) mass is 397 g/mol. The quantitative estimate of drug-likeness (QED) is 0.793. The van der Waals surface area contributed by atoms with Gasteiger partial charge in [0.25, 0.3) is 5.91 Å². The minimum absolute atomic E-state index is 0.0109. The average Bonchev–Trinajstić information content (AvgIpc) is 2.93. The SMILES string of the molecule is CCc1nc(NC(=O)COCC2CCCN(C(=O)OC(C)(C)C)C2)sc1C. The van der Waals surface area contributed by atoms with E-state index in [4.69, 9.17) is 9.47 Å². The largest absolute Gasteiger partial charge is 0.444 e. The van der Waals surface area contributed by atoms with Crippen molar-refractivity contribution < 1.29 is 19.1 Å². The number of nitrogens with one attached hydrogen (secondary N) is 1. The highest BCUT2D eigenvalue weighted by Gasteiger charge is 2.27. The first-order valence-electron chi connectivity index (χ1n) is 9.49. The number of aromatic nitrogens is 1. The van der Waals surface area contributed by atoms with Crippen LogP contribution in [0.1, 0.15) is 51.1 Å². The van der Waals surface area contributed by atoms with Crippen LogP contribution in [0.15, 0.2) is 0 Å². The summed E-state index contributed by atoms with van der Waals surface area (Å²) in [6.07, 6.45) is 2.46. The fourth-order valence-electron chi connectivity index (χ4n) is 2.98. The van der Waals surface area contributed by atoms with E-state index < -0.39 is 5.60 Å². The Kier molecular flexibility index (Phi) is 7.61. The number of amides is 2. The van der Waals surface area contributed by atoms with Gasteiger partial charge < -0.3 is 14.4 Å². The molecule has 2 rings (SSSR count). The Labute approximate surface area is 165 Å². The van der Waals surface area contributed by atoms with Crippen LogP contribution in [-0.4, -0.2) is 53.8 Å². The van der Waals surface area contributed by atoms with Gasteiger partial charge in [-0.25, -0.2) is 9.78 Å². The zero-order chi connectivity index (χ0) is 20.0. The van der Waals surface area contributed by atoms with Crippen molar-refractivity contribution in [2.24, 2.45) is 5.92 Å². The Morgan fingerprint density at radius 2 is 2.11 bits per heavy atom. The van der Waals surface area contributed by atoms with E-state index in [1.165, 1.54) is 11.3 Å². The minimum Gasteiger partial charge on any atom is -0.444 e. The number of hydrogen-bond donors (Lipinski definition) is 1. The predicted octanol–water partition coefficient (Wildman–Crippen LogP) is 3.62. The van der Waals surface area contributed by atoms with E-state index >= 15 is 0 Å². The maximum Gasteiger partial charge on any atom is 0.410 e. The molecule has 152 valence electrons. The zero-order valence-electron chi connectivity index (χ0n) is 17.0. The second-order valence-corrected chi connectivity index (χ2v) is 9.08. The van der Waals surface area contributed by atoms with E-state index in [-0.39, 0.29) is 24.5 Å². The lowest BCUT2D eigenvalue weighted by molar-refractivity contribution is -0.121. The Morgan fingerprint density at radius 1 is 1.37 bits per heavy atom. The molecule has 0 spiro atoms. The highest BCUT2D eigenvalue weighted by Crippen LogP contribution is 2.22. The van der Waals surface area contributed by atoms with Gasteiger partial charge in [-0.3, -0.25) is 10.1 Å². The zero-order valence-corrected chi connectivity index (χ0v) is 17.8. The normalized spacial score (nSPS) is 17.7. The predicted molar refractivity (Wildman–Crippen MR) is 106 cm³/mol. The Hall–Kier alpha value is -1.67. The first-order chi connectivity index (χ1) is 12.7. The Morgan fingerprint density at radius 3 is 2.74 bits per heavy atom. The summed E-state index contributed by atoms with van der Waals surface area (Å²) in [7, 11) is 0. The molecule has 1 atom stereocenters. The average molecular weight is 398 g/mol. The van der Waals surface area contributed by atoms with E-state index in [9.17, 15) is 9.59 Å². The number of piperidine rings is 1. The molecule has 1 aliphatic rings. The molecule has 1 fully saturated rings. The molecule has 0 saturated carbocycles. The van der Waals surface area contributed by atoms with Crippen molar-refractivity contribution in [3.8, 4) is 0 Å². The second-order valence-electron chi connectivity index (χ2n) is 7.87. The van der Waals surface area contributed by atoms with Crippen molar-refractivity contribution in [1.29, 1.82) is 0 Å². The number of carbonyl (C=O) groups is 2. The van der Waals surface area contributed by atoms with Gasteiger partial charge in [0.05, 0.1) is 12.3 Å². The van der Waals surface area contributed by atoms with Crippen molar-refractivity contribution >= 4 is 28.5 Å². The van der Waals surface area contributed by atoms with Gasteiger partial charge in [-0.1, -0.05) is 6.92 Å². The van der Waals surface area contributed by atoms with Crippen LogP contribution in [0.5, 0.6) is 0 Å². The molecule has 1 aromatic rings. The van der Waals surface area contributed by atoms with Gasteiger partial charge in [-0.05, 0) is 47.0 Å². The number of carbonyl (C=O) groups excluding carboxylic acids is 2. The first-order valence-corrected chi connectivity index (χ1v) is 10.3. The number of nitrogens with zero attached hydrogens (tertiary/aromatic N) is 2. The van der Waals surface area contributed by atoms with E-state index in [2.05, 4.69) is 10.3 Å². The first kappa shape index (κ1) is 21.6. The minimum atomic E-state index is -0.496. The summed E-state index contributed by atoms with van der Waals surface area (Å²) in [5.41, 5.74) is 0.519. The molecule has 2 heterocycles. The topological polar surface area (TPSA) is 80.8 Å². The van der Waals surface area contributed by atoms with Crippen LogP contribution in [0, 0.1) is 12.8 Å². The molecule has 0 aliphatic carbocycles. The maximum absolute atomic E-state index is 12.2. The number of aryl methyl sites for hydroxylation is 2. The maximum atomic E-state index is 12.2. The summed E-state index contributed by atoms with van der Waals surface area (Å²) in [4.78, 5) is 31.5. The molecule has 0 bridgehead atoms. The van der Waals surface area contributed by atoms with Gasteiger partial charge in [-0.15, -0.1) is 11.3 Å². The highest BCUT2D eigenvalue weighted by molar-refractivity contribution is 7.15. The van der Waals surface area contributed by atoms with Crippen LogP contribution in [0.4, 0.5) is 9.93 Å².